The van der Waals surface area contributed by atoms with E-state index in [9.17, 15) is 9.18 Å². The first-order valence-corrected chi connectivity index (χ1v) is 9.65. The number of carbonyl (C=O) groups excluding carboxylic acids is 1. The molecule has 1 saturated heterocycles. The summed E-state index contributed by atoms with van der Waals surface area (Å²) in [7, 11) is 0. The Labute approximate surface area is 154 Å². The van der Waals surface area contributed by atoms with E-state index >= 15 is 0 Å². The molecule has 26 heavy (non-hydrogen) atoms. The van der Waals surface area contributed by atoms with Gasteiger partial charge in [-0.05, 0) is 67.3 Å². The van der Waals surface area contributed by atoms with Crippen molar-refractivity contribution in [3.8, 4) is 0 Å². The summed E-state index contributed by atoms with van der Waals surface area (Å²) < 4.78 is 14.4. The van der Waals surface area contributed by atoms with E-state index in [-0.39, 0.29) is 18.1 Å². The predicted molar refractivity (Wildman–Crippen MR) is 103 cm³/mol. The van der Waals surface area contributed by atoms with Crippen LogP contribution < -0.4 is 10.2 Å². The third-order valence-corrected chi connectivity index (χ3v) is 5.48. The normalized spacial score (nSPS) is 16.4. The number of aryl methyl sites for hydroxylation is 2. The van der Waals surface area contributed by atoms with Gasteiger partial charge in [-0.2, -0.15) is 0 Å². The van der Waals surface area contributed by atoms with E-state index in [0.717, 1.165) is 50.0 Å². The van der Waals surface area contributed by atoms with E-state index in [1.807, 2.05) is 12.1 Å². The standard InChI is InChI=1S/C22H25FN2O/c23-19-8-5-9-20(25-12-3-4-13-25)22(19)24-21(26)15-16-10-11-17-6-1-2-7-18(17)14-16/h5,8-11,14H,1-4,6-7,12-13,15H2,(H,24,26). The van der Waals surface area contributed by atoms with Crippen LogP contribution in [0.2, 0.25) is 0 Å². The second-order valence-corrected chi connectivity index (χ2v) is 7.36. The molecule has 0 aromatic heterocycles. The highest BCUT2D eigenvalue weighted by molar-refractivity contribution is 5.95. The summed E-state index contributed by atoms with van der Waals surface area (Å²) in [5.74, 6) is -0.528. The fourth-order valence-electron chi connectivity index (χ4n) is 4.12. The van der Waals surface area contributed by atoms with Crippen LogP contribution in [0.3, 0.4) is 0 Å². The molecule has 4 rings (SSSR count). The lowest BCUT2D eigenvalue weighted by atomic mass is 9.90. The fourth-order valence-corrected chi connectivity index (χ4v) is 4.12. The van der Waals surface area contributed by atoms with Crippen molar-refractivity contribution in [1.82, 2.24) is 0 Å². The zero-order chi connectivity index (χ0) is 17.9. The summed E-state index contributed by atoms with van der Waals surface area (Å²) in [4.78, 5) is 14.7. The topological polar surface area (TPSA) is 32.3 Å². The molecule has 1 fully saturated rings. The van der Waals surface area contributed by atoms with Gasteiger partial charge in [-0.1, -0.05) is 24.3 Å². The van der Waals surface area contributed by atoms with E-state index in [1.54, 1.807) is 6.07 Å². The van der Waals surface area contributed by atoms with Gasteiger partial charge >= 0.3 is 0 Å². The Kier molecular flexibility index (Phi) is 4.91. The molecule has 0 radical (unpaired) electrons. The lowest BCUT2D eigenvalue weighted by Gasteiger charge is -2.22. The zero-order valence-electron chi connectivity index (χ0n) is 15.1. The van der Waals surface area contributed by atoms with Gasteiger partial charge in [-0.3, -0.25) is 4.79 Å². The summed E-state index contributed by atoms with van der Waals surface area (Å²) in [6.45, 7) is 1.83. The van der Waals surface area contributed by atoms with Gasteiger partial charge in [-0.15, -0.1) is 0 Å². The van der Waals surface area contributed by atoms with Crippen molar-refractivity contribution in [2.24, 2.45) is 0 Å². The second kappa shape index (κ2) is 7.48. The second-order valence-electron chi connectivity index (χ2n) is 7.36. The van der Waals surface area contributed by atoms with E-state index in [1.165, 1.54) is 30.0 Å². The fraction of sp³-hybridized carbons (Fsp3) is 0.409. The molecule has 2 aromatic rings. The average Bonchev–Trinajstić information content (AvgIpc) is 3.18. The summed E-state index contributed by atoms with van der Waals surface area (Å²) >= 11 is 0. The molecule has 2 aromatic carbocycles. The van der Waals surface area contributed by atoms with Crippen LogP contribution in [0.1, 0.15) is 42.4 Å². The van der Waals surface area contributed by atoms with E-state index in [4.69, 9.17) is 0 Å². The molecule has 0 bridgehead atoms. The van der Waals surface area contributed by atoms with Crippen LogP contribution in [0.4, 0.5) is 15.8 Å². The molecule has 1 heterocycles. The monoisotopic (exact) mass is 352 g/mol. The minimum absolute atomic E-state index is 0.161. The summed E-state index contributed by atoms with van der Waals surface area (Å²) in [6.07, 6.45) is 7.20. The van der Waals surface area contributed by atoms with Crippen LogP contribution in [0.5, 0.6) is 0 Å². The van der Waals surface area contributed by atoms with Crippen LogP contribution in [0, 0.1) is 5.82 Å². The zero-order valence-corrected chi connectivity index (χ0v) is 15.1. The van der Waals surface area contributed by atoms with Crippen LogP contribution in [-0.4, -0.2) is 19.0 Å². The number of carbonyl (C=O) groups is 1. The molecule has 0 unspecified atom stereocenters. The quantitative estimate of drug-likeness (QED) is 0.879. The van der Waals surface area contributed by atoms with Gasteiger partial charge in [0, 0.05) is 13.1 Å². The van der Waals surface area contributed by atoms with Crippen molar-refractivity contribution in [2.75, 3.05) is 23.3 Å². The molecule has 0 spiro atoms. The Bertz CT molecular complexity index is 812. The Morgan fingerprint density at radius 2 is 1.77 bits per heavy atom. The number of amides is 1. The van der Waals surface area contributed by atoms with Gasteiger partial charge in [0.25, 0.3) is 0 Å². The summed E-state index contributed by atoms with van der Waals surface area (Å²) in [5.41, 5.74) is 4.89. The molecule has 0 saturated carbocycles. The smallest absolute Gasteiger partial charge is 0.228 e. The number of rotatable bonds is 4. The molecule has 1 aliphatic heterocycles. The van der Waals surface area contributed by atoms with Crippen LogP contribution >= 0.6 is 0 Å². The van der Waals surface area contributed by atoms with Crippen molar-refractivity contribution in [1.29, 1.82) is 0 Å². The van der Waals surface area contributed by atoms with Gasteiger partial charge < -0.3 is 10.2 Å². The molecule has 1 amide bonds. The van der Waals surface area contributed by atoms with Crippen LogP contribution in [-0.2, 0) is 24.1 Å². The summed E-state index contributed by atoms with van der Waals surface area (Å²) in [6, 6.07) is 11.3. The highest BCUT2D eigenvalue weighted by atomic mass is 19.1. The molecule has 136 valence electrons. The van der Waals surface area contributed by atoms with Gasteiger partial charge in [0.15, 0.2) is 0 Å². The van der Waals surface area contributed by atoms with E-state index in [2.05, 4.69) is 22.3 Å². The van der Waals surface area contributed by atoms with E-state index in [0.29, 0.717) is 5.69 Å². The number of nitrogens with zero attached hydrogens (tertiary/aromatic N) is 1. The predicted octanol–water partition coefficient (Wildman–Crippen LogP) is 4.49. The number of hydrogen-bond acceptors (Lipinski definition) is 2. The lowest BCUT2D eigenvalue weighted by molar-refractivity contribution is -0.115. The Hall–Kier alpha value is -2.36. The first-order valence-electron chi connectivity index (χ1n) is 9.65. The minimum Gasteiger partial charge on any atom is -0.370 e. The summed E-state index contributed by atoms with van der Waals surface area (Å²) in [5, 5.41) is 2.83. The van der Waals surface area contributed by atoms with Crippen molar-refractivity contribution in [3.05, 3.63) is 58.9 Å². The minimum atomic E-state index is -0.367. The largest absolute Gasteiger partial charge is 0.370 e. The molecule has 3 nitrogen and oxygen atoms in total. The molecular formula is C22H25FN2O. The van der Waals surface area contributed by atoms with Crippen molar-refractivity contribution < 1.29 is 9.18 Å². The van der Waals surface area contributed by atoms with Crippen molar-refractivity contribution in [3.63, 3.8) is 0 Å². The number of anilines is 2. The third kappa shape index (κ3) is 3.59. The maximum Gasteiger partial charge on any atom is 0.228 e. The van der Waals surface area contributed by atoms with E-state index < -0.39 is 0 Å². The van der Waals surface area contributed by atoms with Crippen LogP contribution in [0.15, 0.2) is 36.4 Å². The van der Waals surface area contributed by atoms with Crippen molar-refractivity contribution >= 4 is 17.3 Å². The molecule has 1 aliphatic carbocycles. The lowest BCUT2D eigenvalue weighted by Crippen LogP contribution is -2.22. The van der Waals surface area contributed by atoms with Gasteiger partial charge in [0.05, 0.1) is 12.1 Å². The Morgan fingerprint density at radius 1 is 1.00 bits per heavy atom. The van der Waals surface area contributed by atoms with Gasteiger partial charge in [0.1, 0.15) is 11.5 Å². The highest BCUT2D eigenvalue weighted by Gasteiger charge is 2.20. The first kappa shape index (κ1) is 17.1. The van der Waals surface area contributed by atoms with Gasteiger partial charge in [0.2, 0.25) is 5.91 Å². The third-order valence-electron chi connectivity index (χ3n) is 5.48. The van der Waals surface area contributed by atoms with Crippen LogP contribution in [0.25, 0.3) is 0 Å². The number of benzene rings is 2. The number of halogens is 1. The number of nitrogens with one attached hydrogen (secondary N) is 1. The number of hydrogen-bond donors (Lipinski definition) is 1. The maximum atomic E-state index is 14.4. The Balaban J connectivity index is 1.50. The first-order chi connectivity index (χ1) is 12.7. The molecule has 0 atom stereocenters. The average molecular weight is 352 g/mol. The Morgan fingerprint density at radius 3 is 2.58 bits per heavy atom. The molecular weight excluding hydrogens is 327 g/mol. The number of fused-ring (bicyclic) bond motifs is 1. The molecule has 1 N–H and O–H groups in total. The number of para-hydroxylation sites is 1. The van der Waals surface area contributed by atoms with Gasteiger partial charge in [-0.25, -0.2) is 4.39 Å². The highest BCUT2D eigenvalue weighted by Crippen LogP contribution is 2.31. The molecule has 2 aliphatic rings. The maximum absolute atomic E-state index is 14.4. The van der Waals surface area contributed by atoms with Crippen molar-refractivity contribution in [2.45, 2.75) is 44.9 Å². The SMILES string of the molecule is O=C(Cc1ccc2c(c1)CCCC2)Nc1c(F)cccc1N1CCCC1. The molecule has 4 heteroatoms.